The highest BCUT2D eigenvalue weighted by Crippen LogP contribution is 2.41. The molecule has 13 aromatic rings. The Bertz CT molecular complexity index is 3970. The van der Waals surface area contributed by atoms with Crippen LogP contribution in [-0.2, 0) is 0 Å². The van der Waals surface area contributed by atoms with Crippen LogP contribution in [0, 0.1) is 0 Å². The zero-order chi connectivity index (χ0) is 45.0. The van der Waals surface area contributed by atoms with Gasteiger partial charge in [0.25, 0.3) is 0 Å². The molecule has 0 spiro atoms. The van der Waals surface area contributed by atoms with Crippen molar-refractivity contribution in [2.75, 3.05) is 0 Å². The first kappa shape index (κ1) is 39.2. The number of benzene rings is 10. The van der Waals surface area contributed by atoms with E-state index in [1.165, 1.54) is 21.9 Å². The van der Waals surface area contributed by atoms with Gasteiger partial charge in [-0.15, -0.1) is 0 Å². The van der Waals surface area contributed by atoms with E-state index in [0.29, 0.717) is 17.6 Å². The molecule has 13 rings (SSSR count). The molecule has 68 heavy (non-hydrogen) atoms. The average molecular weight is 868 g/mol. The quantitative estimate of drug-likeness (QED) is 0.153. The predicted molar refractivity (Wildman–Crippen MR) is 281 cm³/mol. The van der Waals surface area contributed by atoms with Gasteiger partial charge in [0.1, 0.15) is 0 Å². The lowest BCUT2D eigenvalue weighted by molar-refractivity contribution is 0.953. The second-order valence-electron chi connectivity index (χ2n) is 17.2. The Kier molecular flexibility index (Phi) is 9.43. The second-order valence-corrected chi connectivity index (χ2v) is 17.2. The Hall–Kier alpha value is -9.19. The molecule has 3 aromatic heterocycles. The largest absolute Gasteiger partial charge is 0.309 e. The van der Waals surface area contributed by atoms with E-state index >= 15 is 0 Å². The summed E-state index contributed by atoms with van der Waals surface area (Å²) in [6.07, 6.45) is 0. The maximum atomic E-state index is 5.47. The lowest BCUT2D eigenvalue weighted by atomic mass is 9.94. The fourth-order valence-corrected chi connectivity index (χ4v) is 10.0. The van der Waals surface area contributed by atoms with Crippen molar-refractivity contribution in [1.82, 2.24) is 24.1 Å². The van der Waals surface area contributed by atoms with Gasteiger partial charge in [0.05, 0.1) is 27.8 Å². The van der Waals surface area contributed by atoms with Crippen molar-refractivity contribution < 1.29 is 0 Å². The molecule has 0 aliphatic carbocycles. The van der Waals surface area contributed by atoms with Gasteiger partial charge in [-0.1, -0.05) is 200 Å². The Labute approximate surface area is 393 Å². The minimum Gasteiger partial charge on any atom is -0.309 e. The fourth-order valence-electron chi connectivity index (χ4n) is 10.0. The maximum absolute atomic E-state index is 5.47. The van der Waals surface area contributed by atoms with Crippen molar-refractivity contribution in [2.45, 2.75) is 0 Å². The van der Waals surface area contributed by atoms with Crippen LogP contribution >= 0.6 is 0 Å². The maximum Gasteiger partial charge on any atom is 0.238 e. The van der Waals surface area contributed by atoms with E-state index in [9.17, 15) is 0 Å². The highest BCUT2D eigenvalue weighted by atomic mass is 15.2. The number of nitrogens with zero attached hydrogens (tertiary/aromatic N) is 5. The van der Waals surface area contributed by atoms with Gasteiger partial charge in [0.2, 0.25) is 5.95 Å². The van der Waals surface area contributed by atoms with Crippen LogP contribution in [0.3, 0.4) is 0 Å². The lowest BCUT2D eigenvalue weighted by Gasteiger charge is -2.17. The first-order valence-corrected chi connectivity index (χ1v) is 23.0. The summed E-state index contributed by atoms with van der Waals surface area (Å²) < 4.78 is 4.63. The molecular formula is C63H41N5. The van der Waals surface area contributed by atoms with Crippen molar-refractivity contribution in [3.05, 3.63) is 249 Å². The standard InChI is InChI=1S/C63H41N5/c1-4-19-42(20-5-1)45-25-16-26-46(39-45)47-27-17-28-48(40-47)55-41-49(37-38-59(55)67-56-34-13-10-29-51(56)52-30-11-14-35-57(52)67)62-64-61(44-23-8-3-9-24-44)65-63(66-62)68-58-36-15-12-31-53(58)54-33-18-32-50(60(54)68)43-21-6-2-7-22-43/h1-41H. The van der Waals surface area contributed by atoms with Crippen LogP contribution in [0.15, 0.2) is 249 Å². The van der Waals surface area contributed by atoms with E-state index in [4.69, 9.17) is 15.0 Å². The summed E-state index contributed by atoms with van der Waals surface area (Å²) in [4.78, 5) is 16.1. The molecule has 0 aliphatic heterocycles. The minimum atomic E-state index is 0.553. The highest BCUT2D eigenvalue weighted by molar-refractivity contribution is 6.14. The number of hydrogen-bond acceptors (Lipinski definition) is 3. The van der Waals surface area contributed by atoms with Crippen molar-refractivity contribution in [3.8, 4) is 78.9 Å². The molecule has 0 radical (unpaired) electrons. The number of para-hydroxylation sites is 4. The van der Waals surface area contributed by atoms with Crippen molar-refractivity contribution in [1.29, 1.82) is 0 Å². The van der Waals surface area contributed by atoms with E-state index in [0.717, 1.165) is 83.0 Å². The van der Waals surface area contributed by atoms with E-state index in [1.54, 1.807) is 0 Å². The van der Waals surface area contributed by atoms with Crippen LogP contribution in [0.2, 0.25) is 0 Å². The molecule has 318 valence electrons. The van der Waals surface area contributed by atoms with Crippen LogP contribution in [-0.4, -0.2) is 24.1 Å². The van der Waals surface area contributed by atoms with Crippen LogP contribution < -0.4 is 0 Å². The summed E-state index contributed by atoms with van der Waals surface area (Å²) in [6, 6.07) is 88.3. The minimum absolute atomic E-state index is 0.553. The summed E-state index contributed by atoms with van der Waals surface area (Å²) in [5, 5.41) is 4.69. The van der Waals surface area contributed by atoms with Crippen LogP contribution in [0.25, 0.3) is 123 Å². The number of aromatic nitrogens is 5. The average Bonchev–Trinajstić information content (AvgIpc) is 3.95. The summed E-state index contributed by atoms with van der Waals surface area (Å²) >= 11 is 0. The summed E-state index contributed by atoms with van der Waals surface area (Å²) in [7, 11) is 0. The monoisotopic (exact) mass is 867 g/mol. The molecule has 0 amide bonds. The third-order valence-electron chi connectivity index (χ3n) is 13.2. The predicted octanol–water partition coefficient (Wildman–Crippen LogP) is 16.1. The van der Waals surface area contributed by atoms with Crippen LogP contribution in [0.5, 0.6) is 0 Å². The summed E-state index contributed by atoms with van der Waals surface area (Å²) in [6.45, 7) is 0. The van der Waals surface area contributed by atoms with Gasteiger partial charge in [-0.25, -0.2) is 4.98 Å². The fraction of sp³-hybridized carbons (Fsp3) is 0. The van der Waals surface area contributed by atoms with Crippen LogP contribution in [0.1, 0.15) is 0 Å². The van der Waals surface area contributed by atoms with Gasteiger partial charge in [-0.2, -0.15) is 9.97 Å². The van der Waals surface area contributed by atoms with E-state index in [2.05, 4.69) is 240 Å². The molecule has 3 heterocycles. The molecule has 5 heteroatoms. The molecule has 0 atom stereocenters. The summed E-state index contributed by atoms with van der Waals surface area (Å²) in [5.41, 5.74) is 16.2. The Morgan fingerprint density at radius 3 is 1.32 bits per heavy atom. The van der Waals surface area contributed by atoms with Crippen LogP contribution in [0.4, 0.5) is 0 Å². The molecule has 0 saturated heterocycles. The number of rotatable bonds is 8. The normalized spacial score (nSPS) is 11.5. The Morgan fingerprint density at radius 2 is 0.691 bits per heavy atom. The Morgan fingerprint density at radius 1 is 0.250 bits per heavy atom. The van der Waals surface area contributed by atoms with E-state index < -0.39 is 0 Å². The van der Waals surface area contributed by atoms with Gasteiger partial charge < -0.3 is 4.57 Å². The molecule has 0 aliphatic rings. The second kappa shape index (κ2) is 16.4. The molecule has 0 N–H and O–H groups in total. The van der Waals surface area contributed by atoms with Crippen molar-refractivity contribution in [2.24, 2.45) is 0 Å². The van der Waals surface area contributed by atoms with Gasteiger partial charge in [0.15, 0.2) is 11.6 Å². The van der Waals surface area contributed by atoms with Gasteiger partial charge >= 0.3 is 0 Å². The third-order valence-corrected chi connectivity index (χ3v) is 13.2. The van der Waals surface area contributed by atoms with Crippen molar-refractivity contribution >= 4 is 43.6 Å². The molecule has 0 bridgehead atoms. The van der Waals surface area contributed by atoms with E-state index in [-0.39, 0.29) is 0 Å². The van der Waals surface area contributed by atoms with Gasteiger partial charge in [-0.05, 0) is 81.9 Å². The summed E-state index contributed by atoms with van der Waals surface area (Å²) in [5.74, 6) is 1.73. The first-order valence-electron chi connectivity index (χ1n) is 23.0. The topological polar surface area (TPSA) is 48.5 Å². The molecule has 0 saturated carbocycles. The zero-order valence-electron chi connectivity index (χ0n) is 36.9. The molecule has 5 nitrogen and oxygen atoms in total. The number of fused-ring (bicyclic) bond motifs is 6. The SMILES string of the molecule is c1ccc(-c2cccc(-c3cccc(-c4cc(-c5nc(-c6ccccc6)nc(-n6c7ccccc7c7cccc(-c8ccccc8)c76)n5)ccc4-n4c5ccccc5c5ccccc54)c3)c2)cc1. The molecular weight excluding hydrogens is 827 g/mol. The lowest BCUT2D eigenvalue weighted by Crippen LogP contribution is -2.07. The smallest absolute Gasteiger partial charge is 0.238 e. The molecule has 0 fully saturated rings. The highest BCUT2D eigenvalue weighted by Gasteiger charge is 2.22. The number of hydrogen-bond donors (Lipinski definition) is 0. The first-order chi connectivity index (χ1) is 33.7. The van der Waals surface area contributed by atoms with Crippen molar-refractivity contribution in [3.63, 3.8) is 0 Å². The van der Waals surface area contributed by atoms with E-state index in [1.807, 2.05) is 18.2 Å². The third kappa shape index (κ3) is 6.68. The van der Waals surface area contributed by atoms with Gasteiger partial charge in [-0.3, -0.25) is 4.57 Å². The Balaban J connectivity index is 1.06. The van der Waals surface area contributed by atoms with Gasteiger partial charge in [0, 0.05) is 43.8 Å². The molecule has 10 aromatic carbocycles. The zero-order valence-corrected chi connectivity index (χ0v) is 36.9. The molecule has 0 unspecified atom stereocenters.